The number of nitrogens with zero attached hydrogens (tertiary/aromatic N) is 1. The number of benzene rings is 2. The van der Waals surface area contributed by atoms with Crippen LogP contribution in [-0.2, 0) is 23.8 Å². The number of fused-ring (bicyclic) bond motifs is 1. The number of hydrogen-bond acceptors (Lipinski definition) is 5. The molecule has 31 heavy (non-hydrogen) atoms. The predicted molar refractivity (Wildman–Crippen MR) is 116 cm³/mol. The van der Waals surface area contributed by atoms with E-state index in [1.807, 2.05) is 25.1 Å². The largest absolute Gasteiger partial charge is 0.416 e. The quantitative estimate of drug-likeness (QED) is 0.513. The maximum atomic E-state index is 12.7. The van der Waals surface area contributed by atoms with Gasteiger partial charge in [-0.15, -0.1) is 0 Å². The molecule has 0 aliphatic carbocycles. The van der Waals surface area contributed by atoms with Crippen molar-refractivity contribution in [2.75, 3.05) is 10.6 Å². The van der Waals surface area contributed by atoms with Crippen LogP contribution < -0.4 is 16.4 Å². The Morgan fingerprint density at radius 3 is 2.68 bits per heavy atom. The van der Waals surface area contributed by atoms with E-state index in [1.54, 1.807) is 6.20 Å². The highest BCUT2D eigenvalue weighted by Gasteiger charge is 2.30. The van der Waals surface area contributed by atoms with E-state index in [0.717, 1.165) is 39.4 Å². The molecule has 162 valence electrons. The molecule has 4 rings (SSSR count). The average molecular weight is 446 g/mol. The van der Waals surface area contributed by atoms with Gasteiger partial charge in [-0.25, -0.2) is 4.98 Å². The van der Waals surface area contributed by atoms with Gasteiger partial charge in [0.15, 0.2) is 5.13 Å². The first-order valence-electron chi connectivity index (χ1n) is 9.76. The molecule has 5 nitrogen and oxygen atoms in total. The summed E-state index contributed by atoms with van der Waals surface area (Å²) in [5.41, 5.74) is 9.15. The Kier molecular flexibility index (Phi) is 5.72. The first-order chi connectivity index (χ1) is 14.7. The van der Waals surface area contributed by atoms with Crippen LogP contribution in [0.15, 0.2) is 48.7 Å². The lowest BCUT2D eigenvalue weighted by atomic mass is 10.0. The summed E-state index contributed by atoms with van der Waals surface area (Å²) in [5.74, 6) is -0.00494. The standard InChI is InChI=1S/C22H21F3N4OS/c1-12(17(26)8-13-2-5-16(6-3-13)22(23,24)25)28-21-27-11-19(31-21)14-4-7-18-15(9-14)10-20(30)29-18/h2-7,9,11-12,17H,8,10,26H2,1H3,(H,27,28)(H,29,30)/t12-,17-/m0/s1. The number of carbonyl (C=O) groups is 1. The Labute approximate surface area is 181 Å². The van der Waals surface area contributed by atoms with Crippen molar-refractivity contribution in [2.45, 2.75) is 38.0 Å². The molecule has 4 N–H and O–H groups in total. The van der Waals surface area contributed by atoms with Crippen molar-refractivity contribution >= 4 is 28.1 Å². The van der Waals surface area contributed by atoms with Crippen molar-refractivity contribution < 1.29 is 18.0 Å². The number of carbonyl (C=O) groups excluding carboxylic acids is 1. The summed E-state index contributed by atoms with van der Waals surface area (Å²) < 4.78 is 38.1. The molecule has 2 aromatic carbocycles. The van der Waals surface area contributed by atoms with Gasteiger partial charge in [0.25, 0.3) is 0 Å². The monoisotopic (exact) mass is 446 g/mol. The van der Waals surface area contributed by atoms with Crippen LogP contribution in [0.2, 0.25) is 0 Å². The van der Waals surface area contributed by atoms with Gasteiger partial charge in [-0.3, -0.25) is 4.79 Å². The summed E-state index contributed by atoms with van der Waals surface area (Å²) in [6, 6.07) is 10.5. The zero-order chi connectivity index (χ0) is 22.2. The summed E-state index contributed by atoms with van der Waals surface area (Å²) in [6.45, 7) is 1.92. The Morgan fingerprint density at radius 1 is 1.23 bits per heavy atom. The maximum absolute atomic E-state index is 12.7. The van der Waals surface area contributed by atoms with E-state index in [9.17, 15) is 18.0 Å². The van der Waals surface area contributed by atoms with Crippen molar-refractivity contribution in [3.05, 3.63) is 65.4 Å². The zero-order valence-electron chi connectivity index (χ0n) is 16.7. The number of nitrogens with two attached hydrogens (primary N) is 1. The molecule has 2 heterocycles. The van der Waals surface area contributed by atoms with Gasteiger partial charge >= 0.3 is 6.18 Å². The second kappa shape index (κ2) is 8.32. The van der Waals surface area contributed by atoms with Gasteiger partial charge in [-0.05, 0) is 54.3 Å². The zero-order valence-corrected chi connectivity index (χ0v) is 17.5. The number of nitrogens with one attached hydrogen (secondary N) is 2. The number of rotatable bonds is 6. The molecule has 0 bridgehead atoms. The van der Waals surface area contributed by atoms with Crippen molar-refractivity contribution in [3.63, 3.8) is 0 Å². The first-order valence-corrected chi connectivity index (χ1v) is 10.6. The van der Waals surface area contributed by atoms with Gasteiger partial charge in [-0.1, -0.05) is 29.5 Å². The highest BCUT2D eigenvalue weighted by atomic mass is 32.1. The average Bonchev–Trinajstić information content (AvgIpc) is 3.32. The third-order valence-electron chi connectivity index (χ3n) is 5.27. The van der Waals surface area contributed by atoms with Crippen molar-refractivity contribution in [1.82, 2.24) is 4.98 Å². The molecule has 0 unspecified atom stereocenters. The first kappa shape index (κ1) is 21.3. The molecule has 9 heteroatoms. The minimum Gasteiger partial charge on any atom is -0.357 e. The lowest BCUT2D eigenvalue weighted by molar-refractivity contribution is -0.137. The molecule has 3 aromatic rings. The van der Waals surface area contributed by atoms with E-state index >= 15 is 0 Å². The summed E-state index contributed by atoms with van der Waals surface area (Å²) in [6.07, 6.45) is -1.75. The molecule has 1 aliphatic heterocycles. The molecule has 2 atom stereocenters. The van der Waals surface area contributed by atoms with Crippen LogP contribution in [0.3, 0.4) is 0 Å². The molecule has 0 spiro atoms. The molecule has 1 aromatic heterocycles. The second-order valence-corrected chi connectivity index (χ2v) is 8.65. The number of anilines is 2. The summed E-state index contributed by atoms with van der Waals surface area (Å²) >= 11 is 1.48. The topological polar surface area (TPSA) is 80.0 Å². The van der Waals surface area contributed by atoms with Crippen molar-refractivity contribution in [2.24, 2.45) is 5.73 Å². The Morgan fingerprint density at radius 2 is 1.97 bits per heavy atom. The van der Waals surface area contributed by atoms with Gasteiger partial charge in [0.1, 0.15) is 0 Å². The van der Waals surface area contributed by atoms with E-state index in [1.165, 1.54) is 23.5 Å². The van der Waals surface area contributed by atoms with E-state index in [-0.39, 0.29) is 18.0 Å². The van der Waals surface area contributed by atoms with Crippen LogP contribution in [0.5, 0.6) is 0 Å². The highest BCUT2D eigenvalue weighted by Crippen LogP contribution is 2.34. The van der Waals surface area contributed by atoms with Crippen LogP contribution in [0.4, 0.5) is 24.0 Å². The van der Waals surface area contributed by atoms with Gasteiger partial charge in [0.05, 0.1) is 16.9 Å². The number of aromatic nitrogens is 1. The molecule has 1 aliphatic rings. The normalized spacial score (nSPS) is 15.3. The van der Waals surface area contributed by atoms with Crippen LogP contribution in [0.25, 0.3) is 10.4 Å². The summed E-state index contributed by atoms with van der Waals surface area (Å²) in [5, 5.41) is 6.81. The van der Waals surface area contributed by atoms with Crippen LogP contribution in [0.1, 0.15) is 23.6 Å². The second-order valence-electron chi connectivity index (χ2n) is 7.62. The number of halogens is 3. The lowest BCUT2D eigenvalue weighted by Gasteiger charge is -2.21. The van der Waals surface area contributed by atoms with Gasteiger partial charge in [-0.2, -0.15) is 13.2 Å². The molecule has 1 amide bonds. The number of amides is 1. The smallest absolute Gasteiger partial charge is 0.357 e. The third kappa shape index (κ3) is 4.88. The maximum Gasteiger partial charge on any atom is 0.416 e. The Balaban J connectivity index is 1.38. The number of alkyl halides is 3. The molecule has 0 fully saturated rings. The van der Waals surface area contributed by atoms with E-state index in [4.69, 9.17) is 5.73 Å². The number of hydrogen-bond donors (Lipinski definition) is 3. The molecule has 0 saturated heterocycles. The van der Waals surface area contributed by atoms with Gasteiger partial charge in [0, 0.05) is 24.0 Å². The van der Waals surface area contributed by atoms with Crippen LogP contribution in [-0.4, -0.2) is 23.0 Å². The van der Waals surface area contributed by atoms with E-state index in [2.05, 4.69) is 15.6 Å². The number of thiazole rings is 1. The predicted octanol–water partition coefficient (Wildman–Crippen LogP) is 4.69. The third-order valence-corrected chi connectivity index (χ3v) is 6.24. The molecular formula is C22H21F3N4OS. The van der Waals surface area contributed by atoms with E-state index < -0.39 is 11.7 Å². The van der Waals surface area contributed by atoms with Crippen LogP contribution in [0, 0.1) is 0 Å². The summed E-state index contributed by atoms with van der Waals surface area (Å²) in [4.78, 5) is 16.9. The van der Waals surface area contributed by atoms with E-state index in [0.29, 0.717) is 18.0 Å². The highest BCUT2D eigenvalue weighted by molar-refractivity contribution is 7.18. The molecule has 0 radical (unpaired) electrons. The minimum absolute atomic E-state index is 0.00494. The Hall–Kier alpha value is -2.91. The fraction of sp³-hybridized carbons (Fsp3) is 0.273. The van der Waals surface area contributed by atoms with Crippen LogP contribution >= 0.6 is 11.3 Å². The fourth-order valence-corrected chi connectivity index (χ4v) is 4.35. The van der Waals surface area contributed by atoms with Gasteiger partial charge < -0.3 is 16.4 Å². The van der Waals surface area contributed by atoms with Gasteiger partial charge in [0.2, 0.25) is 5.91 Å². The molecular weight excluding hydrogens is 425 g/mol. The fourth-order valence-electron chi connectivity index (χ4n) is 3.44. The SMILES string of the molecule is C[C@H](Nc1ncc(-c2ccc3c(c2)CC(=O)N3)s1)[C@@H](N)Cc1ccc(C(F)(F)F)cc1. The lowest BCUT2D eigenvalue weighted by Crippen LogP contribution is -2.39. The molecule has 0 saturated carbocycles. The van der Waals surface area contributed by atoms with Crippen molar-refractivity contribution in [1.29, 1.82) is 0 Å². The Bertz CT molecular complexity index is 1090. The van der Waals surface area contributed by atoms with Crippen molar-refractivity contribution in [3.8, 4) is 10.4 Å². The summed E-state index contributed by atoms with van der Waals surface area (Å²) in [7, 11) is 0. The minimum atomic E-state index is -4.34.